The fourth-order valence-corrected chi connectivity index (χ4v) is 4.49. The summed E-state index contributed by atoms with van der Waals surface area (Å²) in [6.45, 7) is 0.439. The zero-order valence-corrected chi connectivity index (χ0v) is 17.8. The van der Waals surface area contributed by atoms with E-state index in [1.54, 1.807) is 6.20 Å². The Morgan fingerprint density at radius 3 is 2.67 bits per heavy atom. The molecule has 0 radical (unpaired) electrons. The number of pyridine rings is 1. The van der Waals surface area contributed by atoms with Crippen molar-refractivity contribution in [3.63, 3.8) is 0 Å². The Labute approximate surface area is 189 Å². The summed E-state index contributed by atoms with van der Waals surface area (Å²) in [4.78, 5) is 23.6. The summed E-state index contributed by atoms with van der Waals surface area (Å²) in [7, 11) is 0. The van der Waals surface area contributed by atoms with Crippen LogP contribution in [0.1, 0.15) is 17.5 Å². The number of benzene rings is 1. The van der Waals surface area contributed by atoms with Gasteiger partial charge < -0.3 is 5.32 Å². The van der Waals surface area contributed by atoms with Gasteiger partial charge in [0.1, 0.15) is 10.6 Å². The van der Waals surface area contributed by atoms with Crippen molar-refractivity contribution in [2.75, 3.05) is 16.8 Å². The van der Waals surface area contributed by atoms with Gasteiger partial charge in [0.15, 0.2) is 5.82 Å². The second-order valence-corrected chi connectivity index (χ2v) is 8.13. The molecule has 0 fully saturated rings. The van der Waals surface area contributed by atoms with Gasteiger partial charge >= 0.3 is 12.2 Å². The summed E-state index contributed by atoms with van der Waals surface area (Å²) in [5.74, 6) is -0.470. The molecule has 0 spiro atoms. The zero-order valence-electron chi connectivity index (χ0n) is 17.0. The number of anilines is 2. The van der Waals surface area contributed by atoms with E-state index in [1.165, 1.54) is 28.6 Å². The molecular weight excluding hydrogens is 455 g/mol. The smallest absolute Gasteiger partial charge is 0.306 e. The highest BCUT2D eigenvalue weighted by molar-refractivity contribution is 7.13. The average molecular weight is 471 g/mol. The number of rotatable bonds is 3. The van der Waals surface area contributed by atoms with Crippen molar-refractivity contribution in [1.29, 1.82) is 0 Å². The molecule has 0 saturated carbocycles. The Kier molecular flexibility index (Phi) is 5.29. The third kappa shape index (κ3) is 4.04. The van der Waals surface area contributed by atoms with E-state index in [-0.39, 0.29) is 5.69 Å². The molecule has 0 unspecified atom stereocenters. The largest absolute Gasteiger partial charge is 0.420 e. The molecule has 1 aliphatic heterocycles. The van der Waals surface area contributed by atoms with Crippen LogP contribution in [0.2, 0.25) is 0 Å². The van der Waals surface area contributed by atoms with Gasteiger partial charge in [0.2, 0.25) is 0 Å². The Balaban J connectivity index is 1.45. The molecule has 0 saturated heterocycles. The third-order valence-electron chi connectivity index (χ3n) is 5.19. The van der Waals surface area contributed by atoms with Crippen LogP contribution in [-0.2, 0) is 12.6 Å². The van der Waals surface area contributed by atoms with Crippen LogP contribution in [0.25, 0.3) is 16.4 Å². The van der Waals surface area contributed by atoms with Crippen molar-refractivity contribution in [2.45, 2.75) is 19.0 Å². The van der Waals surface area contributed by atoms with Gasteiger partial charge in [0.05, 0.1) is 24.3 Å². The van der Waals surface area contributed by atoms with E-state index in [2.05, 4.69) is 25.5 Å². The van der Waals surface area contributed by atoms with Crippen molar-refractivity contribution in [3.8, 4) is 16.4 Å². The van der Waals surface area contributed by atoms with Gasteiger partial charge in [-0.05, 0) is 30.5 Å². The number of amides is 2. The minimum Gasteiger partial charge on any atom is -0.306 e. The van der Waals surface area contributed by atoms with E-state index in [9.17, 15) is 18.0 Å². The van der Waals surface area contributed by atoms with Crippen LogP contribution < -0.4 is 10.2 Å². The number of nitrogens with zero attached hydrogens (tertiary/aromatic N) is 6. The van der Waals surface area contributed by atoms with Crippen molar-refractivity contribution < 1.29 is 18.0 Å². The molecule has 4 heterocycles. The van der Waals surface area contributed by atoms with Gasteiger partial charge in [-0.15, -0.1) is 16.1 Å². The molecule has 1 aromatic carbocycles. The molecule has 0 bridgehead atoms. The van der Waals surface area contributed by atoms with Gasteiger partial charge in [0, 0.05) is 29.4 Å². The molecular formula is C21H16F3N7OS. The highest BCUT2D eigenvalue weighted by Gasteiger charge is 2.36. The van der Waals surface area contributed by atoms with Gasteiger partial charge in [-0.2, -0.15) is 23.4 Å². The SMILES string of the molecule is O=C(Nc1cnc(-n2nccn2)c(C(F)(F)F)c1)N1CCCc2c(-c3nccs3)cccc21. The maximum atomic E-state index is 13.7. The average Bonchev–Trinajstić information content (AvgIpc) is 3.52. The van der Waals surface area contributed by atoms with Crippen LogP contribution in [0.3, 0.4) is 0 Å². The molecule has 33 heavy (non-hydrogen) atoms. The predicted octanol–water partition coefficient (Wildman–Crippen LogP) is 4.79. The van der Waals surface area contributed by atoms with E-state index in [0.29, 0.717) is 12.2 Å². The molecule has 1 N–H and O–H groups in total. The van der Waals surface area contributed by atoms with Crippen molar-refractivity contribution in [3.05, 3.63) is 65.6 Å². The lowest BCUT2D eigenvalue weighted by atomic mass is 9.96. The van der Waals surface area contributed by atoms with Gasteiger partial charge in [-0.3, -0.25) is 4.90 Å². The minimum atomic E-state index is -4.71. The van der Waals surface area contributed by atoms with E-state index in [4.69, 9.17) is 0 Å². The van der Waals surface area contributed by atoms with E-state index >= 15 is 0 Å². The molecule has 168 valence electrons. The Morgan fingerprint density at radius 1 is 1.12 bits per heavy atom. The highest BCUT2D eigenvalue weighted by Crippen LogP contribution is 2.37. The lowest BCUT2D eigenvalue weighted by molar-refractivity contribution is -0.137. The first-order valence-corrected chi connectivity index (χ1v) is 10.8. The standard InChI is InChI=1S/C21H16F3N7OS/c22-21(23,24)16-11-13(12-26-18(16)31-27-6-7-28-31)29-20(32)30-9-2-4-14-15(3-1-5-17(14)30)19-25-8-10-33-19/h1,3,5-8,10-12H,2,4,9H2,(H,29,32). The third-order valence-corrected chi connectivity index (χ3v) is 6.00. The number of urea groups is 1. The summed E-state index contributed by atoms with van der Waals surface area (Å²) >= 11 is 1.51. The molecule has 3 aromatic heterocycles. The number of thiazole rings is 1. The Bertz CT molecular complexity index is 1290. The number of carbonyl (C=O) groups is 1. The second kappa shape index (κ2) is 8.28. The van der Waals surface area contributed by atoms with Crippen LogP contribution in [0.15, 0.2) is 54.4 Å². The lowest BCUT2D eigenvalue weighted by Gasteiger charge is -2.30. The zero-order chi connectivity index (χ0) is 23.0. The summed E-state index contributed by atoms with van der Waals surface area (Å²) in [5.41, 5.74) is 1.53. The van der Waals surface area contributed by atoms with Crippen LogP contribution in [0, 0.1) is 0 Å². The van der Waals surface area contributed by atoms with Crippen LogP contribution in [0.4, 0.5) is 29.3 Å². The van der Waals surface area contributed by atoms with E-state index < -0.39 is 23.6 Å². The van der Waals surface area contributed by atoms with Gasteiger partial charge in [-0.25, -0.2) is 14.8 Å². The van der Waals surface area contributed by atoms with Crippen molar-refractivity contribution >= 4 is 28.7 Å². The molecule has 0 atom stereocenters. The number of halogens is 3. The molecule has 5 rings (SSSR count). The Morgan fingerprint density at radius 2 is 1.94 bits per heavy atom. The summed E-state index contributed by atoms with van der Waals surface area (Å²) in [6, 6.07) is 5.93. The number of carbonyl (C=O) groups excluding carboxylic acids is 1. The maximum absolute atomic E-state index is 13.7. The quantitative estimate of drug-likeness (QED) is 0.464. The van der Waals surface area contributed by atoms with Crippen LogP contribution in [-0.4, -0.2) is 37.5 Å². The van der Waals surface area contributed by atoms with Gasteiger partial charge in [0.25, 0.3) is 0 Å². The molecule has 8 nitrogen and oxygen atoms in total. The van der Waals surface area contributed by atoms with E-state index in [1.807, 2.05) is 23.6 Å². The number of hydrogen-bond acceptors (Lipinski definition) is 6. The maximum Gasteiger partial charge on any atom is 0.420 e. The first kappa shape index (κ1) is 21.1. The van der Waals surface area contributed by atoms with Gasteiger partial charge in [-0.1, -0.05) is 12.1 Å². The first-order chi connectivity index (χ1) is 15.9. The summed E-state index contributed by atoms with van der Waals surface area (Å²) in [6.07, 6.45) is 2.18. The number of hydrogen-bond donors (Lipinski definition) is 1. The number of aromatic nitrogens is 5. The number of fused-ring (bicyclic) bond motifs is 1. The van der Waals surface area contributed by atoms with Crippen LogP contribution >= 0.6 is 11.3 Å². The topological polar surface area (TPSA) is 88.8 Å². The summed E-state index contributed by atoms with van der Waals surface area (Å²) < 4.78 is 41.0. The molecule has 0 aliphatic carbocycles. The lowest BCUT2D eigenvalue weighted by Crippen LogP contribution is -2.39. The fourth-order valence-electron chi connectivity index (χ4n) is 3.80. The first-order valence-electron chi connectivity index (χ1n) is 9.96. The summed E-state index contributed by atoms with van der Waals surface area (Å²) in [5, 5.41) is 12.7. The van der Waals surface area contributed by atoms with Crippen molar-refractivity contribution in [2.24, 2.45) is 0 Å². The van der Waals surface area contributed by atoms with Crippen molar-refractivity contribution in [1.82, 2.24) is 25.0 Å². The fraction of sp³-hybridized carbons (Fsp3) is 0.190. The predicted molar refractivity (Wildman–Crippen MR) is 116 cm³/mol. The number of nitrogens with one attached hydrogen (secondary N) is 1. The highest BCUT2D eigenvalue weighted by atomic mass is 32.1. The van der Waals surface area contributed by atoms with Crippen LogP contribution in [0.5, 0.6) is 0 Å². The monoisotopic (exact) mass is 471 g/mol. The molecule has 12 heteroatoms. The number of alkyl halides is 3. The molecule has 1 aliphatic rings. The second-order valence-electron chi connectivity index (χ2n) is 7.24. The minimum absolute atomic E-state index is 0.0774. The normalized spacial score (nSPS) is 13.6. The molecule has 2 amide bonds. The molecule has 4 aromatic rings. The van der Waals surface area contributed by atoms with E-state index in [0.717, 1.165) is 46.0 Å². The Hall–Kier alpha value is -3.80.